The molecule has 0 spiro atoms. The van der Waals surface area contributed by atoms with Gasteiger partial charge in [-0.05, 0) is 42.6 Å². The predicted molar refractivity (Wildman–Crippen MR) is 102 cm³/mol. The van der Waals surface area contributed by atoms with Gasteiger partial charge in [0.25, 0.3) is 5.56 Å². The fourth-order valence-corrected chi connectivity index (χ4v) is 3.16. The van der Waals surface area contributed by atoms with Crippen LogP contribution in [0.25, 0.3) is 10.9 Å². The molecular weight excluding hydrogens is 369 g/mol. The third kappa shape index (κ3) is 3.56. The summed E-state index contributed by atoms with van der Waals surface area (Å²) < 4.78 is 0. The van der Waals surface area contributed by atoms with Crippen molar-refractivity contribution < 1.29 is 0 Å². The quantitative estimate of drug-likeness (QED) is 0.482. The molecule has 1 aromatic heterocycles. The molecule has 0 radical (unpaired) electrons. The summed E-state index contributed by atoms with van der Waals surface area (Å²) in [7, 11) is 0. The molecule has 4 nitrogen and oxygen atoms in total. The lowest BCUT2D eigenvalue weighted by molar-refractivity contribution is 1.28. The van der Waals surface area contributed by atoms with Crippen molar-refractivity contribution in [2.75, 3.05) is 5.43 Å². The third-order valence-corrected chi connectivity index (χ3v) is 4.23. The fraction of sp³-hybridized carbons (Fsp3) is 0.0588. The Hall–Kier alpha value is -2.01. The van der Waals surface area contributed by atoms with Crippen LogP contribution in [0.5, 0.6) is 0 Å². The number of nitrogens with zero attached hydrogens (tertiary/aromatic N) is 1. The number of halogens is 3. The zero-order valence-corrected chi connectivity index (χ0v) is 14.8. The summed E-state index contributed by atoms with van der Waals surface area (Å²) in [6.45, 7) is 1.99. The molecule has 2 N–H and O–H groups in total. The largest absolute Gasteiger partial charge is 0.321 e. The van der Waals surface area contributed by atoms with Crippen LogP contribution in [0.1, 0.15) is 11.1 Å². The van der Waals surface area contributed by atoms with Crippen molar-refractivity contribution in [1.82, 2.24) is 4.98 Å². The van der Waals surface area contributed by atoms with Gasteiger partial charge in [-0.1, -0.05) is 46.4 Å². The molecule has 0 saturated carbocycles. The Bertz CT molecular complexity index is 989. The summed E-state index contributed by atoms with van der Waals surface area (Å²) in [5.41, 5.74) is 5.23. The number of H-pyrrole nitrogens is 1. The lowest BCUT2D eigenvalue weighted by atomic mass is 10.1. The minimum absolute atomic E-state index is 0.231. The summed E-state index contributed by atoms with van der Waals surface area (Å²) in [5.74, 6) is 0. The van der Waals surface area contributed by atoms with Gasteiger partial charge in [-0.2, -0.15) is 5.10 Å². The standard InChI is InChI=1S/C17H12Cl3N3O/c1-9-2-3-15-10(4-9)5-11(17(24)22-15)8-21-23-16-13(19)6-12(18)7-14(16)20/h2-8,23H,1H3,(H,22,24). The van der Waals surface area contributed by atoms with Crippen molar-refractivity contribution in [3.8, 4) is 0 Å². The van der Waals surface area contributed by atoms with Gasteiger partial charge in [0.2, 0.25) is 0 Å². The van der Waals surface area contributed by atoms with Crippen LogP contribution >= 0.6 is 34.8 Å². The van der Waals surface area contributed by atoms with E-state index >= 15 is 0 Å². The molecule has 0 aliphatic rings. The van der Waals surface area contributed by atoms with E-state index < -0.39 is 0 Å². The number of hydrogen-bond acceptors (Lipinski definition) is 3. The van der Waals surface area contributed by atoms with Crippen LogP contribution in [0.2, 0.25) is 15.1 Å². The summed E-state index contributed by atoms with van der Waals surface area (Å²) in [5, 5.41) is 6.09. The molecular formula is C17H12Cl3N3O. The minimum atomic E-state index is -0.231. The number of aromatic amines is 1. The van der Waals surface area contributed by atoms with E-state index in [2.05, 4.69) is 15.5 Å². The van der Waals surface area contributed by atoms with Crippen LogP contribution in [-0.4, -0.2) is 11.2 Å². The van der Waals surface area contributed by atoms with Gasteiger partial charge in [0.05, 0.1) is 27.5 Å². The Morgan fingerprint density at radius 3 is 2.50 bits per heavy atom. The molecule has 3 rings (SSSR count). The fourth-order valence-electron chi connectivity index (χ4n) is 2.25. The molecule has 24 heavy (non-hydrogen) atoms. The highest BCUT2D eigenvalue weighted by Gasteiger charge is 2.07. The van der Waals surface area contributed by atoms with Crippen molar-refractivity contribution in [1.29, 1.82) is 0 Å². The number of aryl methyl sites for hydroxylation is 1. The average Bonchev–Trinajstić information content (AvgIpc) is 2.50. The van der Waals surface area contributed by atoms with E-state index in [9.17, 15) is 4.79 Å². The van der Waals surface area contributed by atoms with Gasteiger partial charge in [-0.3, -0.25) is 10.2 Å². The van der Waals surface area contributed by atoms with Crippen molar-refractivity contribution in [3.05, 3.63) is 72.9 Å². The maximum atomic E-state index is 12.1. The number of pyridine rings is 1. The van der Waals surface area contributed by atoms with Gasteiger partial charge in [0.1, 0.15) is 0 Å². The molecule has 0 unspecified atom stereocenters. The summed E-state index contributed by atoms with van der Waals surface area (Å²) in [6, 6.07) is 10.7. The first kappa shape index (κ1) is 16.8. The number of nitrogens with one attached hydrogen (secondary N) is 2. The molecule has 3 aromatic rings. The van der Waals surface area contributed by atoms with Crippen LogP contribution in [0.3, 0.4) is 0 Å². The van der Waals surface area contributed by atoms with E-state index in [4.69, 9.17) is 34.8 Å². The molecule has 122 valence electrons. The molecule has 2 aromatic carbocycles. The molecule has 0 aliphatic carbocycles. The highest BCUT2D eigenvalue weighted by atomic mass is 35.5. The first-order valence-corrected chi connectivity index (χ1v) is 8.15. The van der Waals surface area contributed by atoms with E-state index in [1.54, 1.807) is 18.2 Å². The second kappa shape index (κ2) is 6.85. The molecule has 1 heterocycles. The molecule has 0 saturated heterocycles. The molecule has 0 aliphatic heterocycles. The smallest absolute Gasteiger partial charge is 0.257 e. The predicted octanol–water partition coefficient (Wildman–Crippen LogP) is 5.24. The van der Waals surface area contributed by atoms with Gasteiger partial charge >= 0.3 is 0 Å². The number of rotatable bonds is 3. The van der Waals surface area contributed by atoms with E-state index in [-0.39, 0.29) is 5.56 Å². The van der Waals surface area contributed by atoms with E-state index in [1.165, 1.54) is 6.21 Å². The molecule has 0 bridgehead atoms. The number of hydrogen-bond donors (Lipinski definition) is 2. The second-order valence-corrected chi connectivity index (χ2v) is 6.51. The van der Waals surface area contributed by atoms with Crippen LogP contribution in [0, 0.1) is 6.92 Å². The topological polar surface area (TPSA) is 57.2 Å². The number of aromatic nitrogens is 1. The van der Waals surface area contributed by atoms with Gasteiger partial charge < -0.3 is 4.98 Å². The first-order valence-electron chi connectivity index (χ1n) is 7.01. The normalized spacial score (nSPS) is 11.3. The second-order valence-electron chi connectivity index (χ2n) is 5.26. The van der Waals surface area contributed by atoms with Crippen molar-refractivity contribution >= 4 is 57.6 Å². The van der Waals surface area contributed by atoms with E-state index in [1.807, 2.05) is 25.1 Å². The maximum absolute atomic E-state index is 12.1. The third-order valence-electron chi connectivity index (χ3n) is 3.42. The zero-order valence-electron chi connectivity index (χ0n) is 12.5. The van der Waals surface area contributed by atoms with Gasteiger partial charge in [-0.15, -0.1) is 0 Å². The Labute approximate surface area is 153 Å². The molecule has 0 fully saturated rings. The van der Waals surface area contributed by atoms with Crippen LogP contribution in [-0.2, 0) is 0 Å². The molecule has 0 atom stereocenters. The number of fused-ring (bicyclic) bond motifs is 1. The highest BCUT2D eigenvalue weighted by Crippen LogP contribution is 2.33. The van der Waals surface area contributed by atoms with Crippen molar-refractivity contribution in [3.63, 3.8) is 0 Å². The maximum Gasteiger partial charge on any atom is 0.257 e. The Balaban J connectivity index is 1.91. The minimum Gasteiger partial charge on any atom is -0.321 e. The van der Waals surface area contributed by atoms with Crippen LogP contribution in [0.15, 0.2) is 46.3 Å². The van der Waals surface area contributed by atoms with Gasteiger partial charge in [-0.25, -0.2) is 0 Å². The van der Waals surface area contributed by atoms with Crippen molar-refractivity contribution in [2.24, 2.45) is 5.10 Å². The Morgan fingerprint density at radius 1 is 1.08 bits per heavy atom. The van der Waals surface area contributed by atoms with Gasteiger partial charge in [0, 0.05) is 10.5 Å². The number of anilines is 1. The zero-order chi connectivity index (χ0) is 17.3. The lowest BCUT2D eigenvalue weighted by Crippen LogP contribution is -2.12. The van der Waals surface area contributed by atoms with E-state index in [0.717, 1.165) is 16.5 Å². The summed E-state index contributed by atoms with van der Waals surface area (Å²) in [6.07, 6.45) is 1.42. The SMILES string of the molecule is Cc1ccc2[nH]c(=O)c(C=NNc3c(Cl)cc(Cl)cc3Cl)cc2c1. The molecule has 7 heteroatoms. The Morgan fingerprint density at radius 2 is 1.79 bits per heavy atom. The lowest BCUT2D eigenvalue weighted by Gasteiger charge is -2.06. The highest BCUT2D eigenvalue weighted by molar-refractivity contribution is 6.41. The number of benzene rings is 2. The van der Waals surface area contributed by atoms with Crippen molar-refractivity contribution in [2.45, 2.75) is 6.92 Å². The summed E-state index contributed by atoms with van der Waals surface area (Å²) in [4.78, 5) is 14.9. The Kier molecular flexibility index (Phi) is 4.81. The first-order chi connectivity index (χ1) is 11.4. The number of hydrazone groups is 1. The summed E-state index contributed by atoms with van der Waals surface area (Å²) >= 11 is 18.0. The van der Waals surface area contributed by atoms with E-state index in [0.29, 0.717) is 26.3 Å². The van der Waals surface area contributed by atoms with Crippen LogP contribution in [0.4, 0.5) is 5.69 Å². The van der Waals surface area contributed by atoms with Crippen LogP contribution < -0.4 is 11.0 Å². The molecule has 0 amide bonds. The average molecular weight is 381 g/mol. The monoisotopic (exact) mass is 379 g/mol. The van der Waals surface area contributed by atoms with Gasteiger partial charge in [0.15, 0.2) is 0 Å².